The van der Waals surface area contributed by atoms with Crippen molar-refractivity contribution >= 4 is 23.0 Å². The summed E-state index contributed by atoms with van der Waals surface area (Å²) < 4.78 is 18.3. The summed E-state index contributed by atoms with van der Waals surface area (Å²) in [6, 6.07) is 13.5. The van der Waals surface area contributed by atoms with E-state index in [2.05, 4.69) is 15.3 Å². The summed E-state index contributed by atoms with van der Waals surface area (Å²) in [6.45, 7) is 1.07. The number of hydrogen-bond donors (Lipinski definition) is 1. The summed E-state index contributed by atoms with van der Waals surface area (Å²) in [6.07, 6.45) is 6.31. The van der Waals surface area contributed by atoms with Gasteiger partial charge in [0.25, 0.3) is 0 Å². The lowest BCUT2D eigenvalue weighted by Crippen LogP contribution is -2.22. The molecular weight excluding hydrogens is 345 g/mol. The molecular formula is C21H20FN3O2. The van der Waals surface area contributed by atoms with E-state index < -0.39 is 0 Å². The van der Waals surface area contributed by atoms with Crippen LogP contribution in [0, 0.1) is 5.82 Å². The normalized spacial score (nSPS) is 11.0. The van der Waals surface area contributed by atoms with E-state index in [4.69, 9.17) is 4.74 Å². The van der Waals surface area contributed by atoms with E-state index in [9.17, 15) is 9.18 Å². The maximum absolute atomic E-state index is 12.8. The first kappa shape index (κ1) is 18.5. The summed E-state index contributed by atoms with van der Waals surface area (Å²) >= 11 is 0. The predicted octanol–water partition coefficient (Wildman–Crippen LogP) is 3.76. The van der Waals surface area contributed by atoms with E-state index in [0.717, 1.165) is 23.9 Å². The molecule has 0 aliphatic carbocycles. The Morgan fingerprint density at radius 2 is 1.85 bits per heavy atom. The maximum Gasteiger partial charge on any atom is 0.244 e. The van der Waals surface area contributed by atoms with E-state index in [-0.39, 0.29) is 11.7 Å². The van der Waals surface area contributed by atoms with Gasteiger partial charge >= 0.3 is 0 Å². The highest BCUT2D eigenvalue weighted by Crippen LogP contribution is 2.11. The van der Waals surface area contributed by atoms with Gasteiger partial charge in [0.05, 0.1) is 29.5 Å². The molecule has 1 N–H and O–H groups in total. The highest BCUT2D eigenvalue weighted by Gasteiger charge is 1.99. The van der Waals surface area contributed by atoms with Crippen molar-refractivity contribution < 1.29 is 13.9 Å². The van der Waals surface area contributed by atoms with E-state index in [1.807, 2.05) is 24.3 Å². The third-order valence-corrected chi connectivity index (χ3v) is 3.83. The van der Waals surface area contributed by atoms with Crippen molar-refractivity contribution in [3.63, 3.8) is 0 Å². The molecule has 1 aromatic heterocycles. The Labute approximate surface area is 156 Å². The van der Waals surface area contributed by atoms with Crippen molar-refractivity contribution in [1.29, 1.82) is 0 Å². The van der Waals surface area contributed by atoms with Gasteiger partial charge in [-0.05, 0) is 55.3 Å². The third kappa shape index (κ3) is 5.88. The average molecular weight is 365 g/mol. The zero-order chi connectivity index (χ0) is 18.9. The van der Waals surface area contributed by atoms with Crippen LogP contribution >= 0.6 is 0 Å². The van der Waals surface area contributed by atoms with Gasteiger partial charge in [0.2, 0.25) is 5.91 Å². The fraction of sp³-hybridized carbons (Fsp3) is 0.190. The predicted molar refractivity (Wildman–Crippen MR) is 103 cm³/mol. The lowest BCUT2D eigenvalue weighted by atomic mass is 10.3. The molecule has 0 spiro atoms. The highest BCUT2D eigenvalue weighted by molar-refractivity contribution is 5.91. The van der Waals surface area contributed by atoms with Crippen molar-refractivity contribution in [3.8, 4) is 5.75 Å². The van der Waals surface area contributed by atoms with Crippen LogP contribution in [0.4, 0.5) is 4.39 Å². The van der Waals surface area contributed by atoms with Gasteiger partial charge in [0, 0.05) is 12.6 Å². The number of aromatic nitrogens is 2. The zero-order valence-corrected chi connectivity index (χ0v) is 14.8. The number of halogens is 1. The largest absolute Gasteiger partial charge is 0.494 e. The summed E-state index contributed by atoms with van der Waals surface area (Å²) in [4.78, 5) is 20.6. The maximum atomic E-state index is 12.8. The summed E-state index contributed by atoms with van der Waals surface area (Å²) in [5.74, 6) is 0.178. The Hall–Kier alpha value is -3.28. The van der Waals surface area contributed by atoms with Crippen molar-refractivity contribution in [2.75, 3.05) is 13.2 Å². The first-order valence-electron chi connectivity index (χ1n) is 8.77. The van der Waals surface area contributed by atoms with Crippen LogP contribution in [-0.2, 0) is 4.79 Å². The van der Waals surface area contributed by atoms with Gasteiger partial charge in [0.15, 0.2) is 0 Å². The first-order valence-corrected chi connectivity index (χ1v) is 8.77. The number of fused-ring (bicyclic) bond motifs is 1. The van der Waals surface area contributed by atoms with Crippen LogP contribution in [0.25, 0.3) is 17.1 Å². The molecule has 0 atom stereocenters. The molecule has 0 bridgehead atoms. The molecule has 0 saturated heterocycles. The topological polar surface area (TPSA) is 64.1 Å². The van der Waals surface area contributed by atoms with Gasteiger partial charge in [-0.1, -0.05) is 12.1 Å². The standard InChI is InChI=1S/C21H20FN3O2/c22-16-7-10-18(11-8-16)27-14-4-3-13-23-21(26)12-9-17-15-24-19-5-1-2-6-20(19)25-17/h1-2,5-12,15H,3-4,13-14H2,(H,23,26)/b12-9+. The van der Waals surface area contributed by atoms with Crippen molar-refractivity contribution in [2.24, 2.45) is 0 Å². The fourth-order valence-corrected chi connectivity index (χ4v) is 2.43. The van der Waals surface area contributed by atoms with Gasteiger partial charge in [-0.2, -0.15) is 0 Å². The second kappa shape index (κ2) is 9.43. The molecule has 0 radical (unpaired) electrons. The van der Waals surface area contributed by atoms with Gasteiger partial charge in [-0.15, -0.1) is 0 Å². The molecule has 0 saturated carbocycles. The minimum absolute atomic E-state index is 0.176. The second-order valence-electron chi connectivity index (χ2n) is 5.92. The average Bonchev–Trinajstić information content (AvgIpc) is 2.70. The number of para-hydroxylation sites is 2. The van der Waals surface area contributed by atoms with E-state index in [1.165, 1.54) is 18.2 Å². The number of ether oxygens (including phenoxy) is 1. The van der Waals surface area contributed by atoms with Crippen LogP contribution in [0.3, 0.4) is 0 Å². The van der Waals surface area contributed by atoms with E-state index >= 15 is 0 Å². The molecule has 0 aliphatic rings. The zero-order valence-electron chi connectivity index (χ0n) is 14.8. The Bertz CT molecular complexity index is 926. The summed E-state index contributed by atoms with van der Waals surface area (Å²) in [5, 5.41) is 2.82. The smallest absolute Gasteiger partial charge is 0.244 e. The van der Waals surface area contributed by atoms with Gasteiger partial charge in [0.1, 0.15) is 11.6 Å². The molecule has 5 nitrogen and oxygen atoms in total. The second-order valence-corrected chi connectivity index (χ2v) is 5.92. The molecule has 0 fully saturated rings. The third-order valence-electron chi connectivity index (χ3n) is 3.83. The number of hydrogen-bond acceptors (Lipinski definition) is 4. The van der Waals surface area contributed by atoms with Crippen LogP contribution in [-0.4, -0.2) is 29.0 Å². The summed E-state index contributed by atoms with van der Waals surface area (Å²) in [5.41, 5.74) is 2.25. The lowest BCUT2D eigenvalue weighted by Gasteiger charge is -2.06. The molecule has 3 rings (SSSR count). The van der Waals surface area contributed by atoms with Crippen LogP contribution in [0.15, 0.2) is 60.8 Å². The molecule has 0 aliphatic heterocycles. The highest BCUT2D eigenvalue weighted by atomic mass is 19.1. The Balaban J connectivity index is 1.35. The van der Waals surface area contributed by atoms with Crippen LogP contribution in [0.1, 0.15) is 18.5 Å². The fourth-order valence-electron chi connectivity index (χ4n) is 2.43. The minimum atomic E-state index is -0.284. The SMILES string of the molecule is O=C(/C=C/c1cnc2ccccc2n1)NCCCCOc1ccc(F)cc1. The number of carbonyl (C=O) groups is 1. The first-order chi connectivity index (χ1) is 13.2. The molecule has 27 heavy (non-hydrogen) atoms. The molecule has 6 heteroatoms. The van der Waals surface area contributed by atoms with E-state index in [1.54, 1.807) is 24.4 Å². The monoisotopic (exact) mass is 365 g/mol. The van der Waals surface area contributed by atoms with Crippen molar-refractivity contribution in [1.82, 2.24) is 15.3 Å². The number of rotatable bonds is 8. The van der Waals surface area contributed by atoms with Crippen molar-refractivity contribution in [2.45, 2.75) is 12.8 Å². The Morgan fingerprint density at radius 1 is 1.07 bits per heavy atom. The van der Waals surface area contributed by atoms with Crippen LogP contribution in [0.2, 0.25) is 0 Å². The van der Waals surface area contributed by atoms with Crippen LogP contribution < -0.4 is 10.1 Å². The summed E-state index contributed by atoms with van der Waals surface area (Å²) in [7, 11) is 0. The molecule has 1 amide bonds. The Morgan fingerprint density at radius 3 is 2.67 bits per heavy atom. The Kier molecular flexibility index (Phi) is 6.46. The number of benzene rings is 2. The molecule has 1 heterocycles. The van der Waals surface area contributed by atoms with Crippen LogP contribution in [0.5, 0.6) is 5.75 Å². The minimum Gasteiger partial charge on any atom is -0.494 e. The number of nitrogens with zero attached hydrogens (tertiary/aromatic N) is 2. The quantitative estimate of drug-likeness (QED) is 0.488. The van der Waals surface area contributed by atoms with Gasteiger partial charge in [-0.25, -0.2) is 9.37 Å². The lowest BCUT2D eigenvalue weighted by molar-refractivity contribution is -0.116. The number of amides is 1. The van der Waals surface area contributed by atoms with Gasteiger partial charge in [-0.3, -0.25) is 9.78 Å². The molecule has 138 valence electrons. The molecule has 3 aromatic rings. The van der Waals surface area contributed by atoms with E-state index in [0.29, 0.717) is 24.6 Å². The van der Waals surface area contributed by atoms with Gasteiger partial charge < -0.3 is 10.1 Å². The molecule has 2 aromatic carbocycles. The number of unbranched alkanes of at least 4 members (excludes halogenated alkanes) is 1. The number of carbonyl (C=O) groups excluding carboxylic acids is 1. The van der Waals surface area contributed by atoms with Crippen molar-refractivity contribution in [3.05, 3.63) is 72.3 Å². The number of nitrogens with one attached hydrogen (secondary N) is 1. The molecule has 0 unspecified atom stereocenters.